The summed E-state index contributed by atoms with van der Waals surface area (Å²) in [6.07, 6.45) is 1.38. The monoisotopic (exact) mass is 382 g/mol. The number of carbonyl (C=O) groups is 1. The number of amides is 1. The van der Waals surface area contributed by atoms with Gasteiger partial charge in [-0.05, 0) is 24.5 Å². The first-order valence-corrected chi connectivity index (χ1v) is 8.87. The highest BCUT2D eigenvalue weighted by molar-refractivity contribution is 5.95. The molecule has 0 saturated heterocycles. The molecular weight excluding hydrogens is 360 g/mol. The highest BCUT2D eigenvalue weighted by atomic mass is 16.5. The van der Waals surface area contributed by atoms with Crippen LogP contribution in [0.5, 0.6) is 11.5 Å². The van der Waals surface area contributed by atoms with Gasteiger partial charge in [-0.2, -0.15) is 4.98 Å². The molecule has 0 aliphatic rings. The molecule has 2 aromatic heterocycles. The molecule has 0 spiro atoms. The van der Waals surface area contributed by atoms with E-state index in [0.717, 1.165) is 5.56 Å². The largest absolute Gasteiger partial charge is 0.503 e. The molecule has 0 saturated carbocycles. The Morgan fingerprint density at radius 1 is 1.25 bits per heavy atom. The van der Waals surface area contributed by atoms with Crippen molar-refractivity contribution in [2.45, 2.75) is 32.7 Å². The molecule has 1 atom stereocenters. The summed E-state index contributed by atoms with van der Waals surface area (Å²) in [6.45, 7) is 5.93. The smallest absolute Gasteiger partial charge is 0.274 e. The highest BCUT2D eigenvalue weighted by Crippen LogP contribution is 2.28. The Labute approximate surface area is 162 Å². The van der Waals surface area contributed by atoms with Crippen molar-refractivity contribution < 1.29 is 19.2 Å². The van der Waals surface area contributed by atoms with Gasteiger partial charge in [-0.1, -0.05) is 37.2 Å². The minimum Gasteiger partial charge on any atom is -0.503 e. The number of aromatic hydroxyl groups is 1. The fraction of sp³-hybridized carbons (Fsp3) is 0.300. The van der Waals surface area contributed by atoms with Crippen molar-refractivity contribution in [3.8, 4) is 22.9 Å². The van der Waals surface area contributed by atoms with Crippen LogP contribution in [0.1, 0.15) is 54.7 Å². The van der Waals surface area contributed by atoms with Crippen molar-refractivity contribution >= 4 is 5.91 Å². The van der Waals surface area contributed by atoms with E-state index >= 15 is 0 Å². The van der Waals surface area contributed by atoms with Gasteiger partial charge >= 0.3 is 0 Å². The molecule has 0 fully saturated rings. The predicted molar refractivity (Wildman–Crippen MR) is 102 cm³/mol. The van der Waals surface area contributed by atoms with E-state index in [2.05, 4.69) is 34.3 Å². The van der Waals surface area contributed by atoms with Gasteiger partial charge in [0.05, 0.1) is 7.11 Å². The fourth-order valence-corrected chi connectivity index (χ4v) is 2.66. The Morgan fingerprint density at radius 3 is 2.75 bits per heavy atom. The third-order valence-corrected chi connectivity index (χ3v) is 4.29. The second kappa shape index (κ2) is 8.08. The Morgan fingerprint density at radius 2 is 2.04 bits per heavy atom. The molecule has 1 amide bonds. The van der Waals surface area contributed by atoms with Crippen LogP contribution < -0.4 is 10.1 Å². The molecule has 3 rings (SSSR count). The zero-order valence-electron chi connectivity index (χ0n) is 16.1. The van der Waals surface area contributed by atoms with E-state index in [1.807, 2.05) is 24.3 Å². The van der Waals surface area contributed by atoms with E-state index in [1.165, 1.54) is 24.9 Å². The summed E-state index contributed by atoms with van der Waals surface area (Å²) in [5, 5.41) is 16.8. The molecule has 28 heavy (non-hydrogen) atoms. The molecule has 8 nitrogen and oxygen atoms in total. The van der Waals surface area contributed by atoms with E-state index in [-0.39, 0.29) is 23.1 Å². The molecule has 0 radical (unpaired) electrons. The number of benzene rings is 1. The molecule has 2 heterocycles. The standard InChI is InChI=1S/C20H22N4O4/c1-11(2)13-6-5-7-14(10-13)18-23-20(28-24-18)12(3)22-19(26)16-17(25)15(27-4)8-9-21-16/h5-12,25H,1-4H3,(H,22,26)/t12-/m0/s1. The van der Waals surface area contributed by atoms with Gasteiger partial charge in [0.15, 0.2) is 17.2 Å². The zero-order valence-corrected chi connectivity index (χ0v) is 16.1. The number of pyridine rings is 1. The summed E-state index contributed by atoms with van der Waals surface area (Å²) in [6, 6.07) is 8.80. The third-order valence-electron chi connectivity index (χ3n) is 4.29. The van der Waals surface area contributed by atoms with Gasteiger partial charge < -0.3 is 19.7 Å². The number of methoxy groups -OCH3 is 1. The third kappa shape index (κ3) is 3.95. The van der Waals surface area contributed by atoms with Crippen LogP contribution in [0.15, 0.2) is 41.1 Å². The van der Waals surface area contributed by atoms with Crippen LogP contribution in [0.4, 0.5) is 0 Å². The SMILES string of the molecule is COc1ccnc(C(=O)N[C@@H](C)c2nc(-c3cccc(C(C)C)c3)no2)c1O. The summed E-state index contributed by atoms with van der Waals surface area (Å²) >= 11 is 0. The average Bonchev–Trinajstić information content (AvgIpc) is 3.18. The van der Waals surface area contributed by atoms with Gasteiger partial charge in [0.25, 0.3) is 5.91 Å². The van der Waals surface area contributed by atoms with Crippen LogP contribution in [-0.4, -0.2) is 33.2 Å². The molecule has 2 N–H and O–H groups in total. The molecular formula is C20H22N4O4. The maximum atomic E-state index is 12.4. The summed E-state index contributed by atoms with van der Waals surface area (Å²) in [4.78, 5) is 20.7. The summed E-state index contributed by atoms with van der Waals surface area (Å²) in [7, 11) is 1.40. The first-order valence-electron chi connectivity index (χ1n) is 8.87. The maximum absolute atomic E-state index is 12.4. The summed E-state index contributed by atoms with van der Waals surface area (Å²) in [5.74, 6) is 0.337. The minimum absolute atomic E-state index is 0.143. The molecule has 0 bridgehead atoms. The predicted octanol–water partition coefficient (Wildman–Crippen LogP) is 3.46. The average molecular weight is 382 g/mol. The van der Waals surface area contributed by atoms with Crippen LogP contribution in [0.25, 0.3) is 11.4 Å². The van der Waals surface area contributed by atoms with Crippen molar-refractivity contribution in [2.24, 2.45) is 0 Å². The quantitative estimate of drug-likeness (QED) is 0.671. The number of nitrogens with one attached hydrogen (secondary N) is 1. The first-order chi connectivity index (χ1) is 13.4. The number of aromatic nitrogens is 3. The second-order valence-electron chi connectivity index (χ2n) is 6.64. The lowest BCUT2D eigenvalue weighted by atomic mass is 10.0. The number of nitrogens with zero attached hydrogens (tertiary/aromatic N) is 3. The summed E-state index contributed by atoms with van der Waals surface area (Å²) < 4.78 is 10.3. The molecule has 8 heteroatoms. The Hall–Kier alpha value is -3.42. The van der Waals surface area contributed by atoms with Gasteiger partial charge in [-0.25, -0.2) is 4.98 Å². The van der Waals surface area contributed by atoms with Crippen LogP contribution in [0, 0.1) is 0 Å². The van der Waals surface area contributed by atoms with Crippen molar-refractivity contribution in [3.63, 3.8) is 0 Å². The van der Waals surface area contributed by atoms with E-state index in [9.17, 15) is 9.90 Å². The van der Waals surface area contributed by atoms with E-state index < -0.39 is 11.9 Å². The van der Waals surface area contributed by atoms with Crippen molar-refractivity contribution in [3.05, 3.63) is 53.7 Å². The van der Waals surface area contributed by atoms with Crippen LogP contribution >= 0.6 is 0 Å². The Bertz CT molecular complexity index is 984. The highest BCUT2D eigenvalue weighted by Gasteiger charge is 2.22. The number of ether oxygens (including phenoxy) is 1. The normalized spacial score (nSPS) is 12.0. The van der Waals surface area contributed by atoms with Crippen molar-refractivity contribution in [1.29, 1.82) is 0 Å². The minimum atomic E-state index is -0.578. The van der Waals surface area contributed by atoms with E-state index in [1.54, 1.807) is 6.92 Å². The molecule has 3 aromatic rings. The molecule has 1 aromatic carbocycles. The fourth-order valence-electron chi connectivity index (χ4n) is 2.66. The lowest BCUT2D eigenvalue weighted by Crippen LogP contribution is -2.27. The van der Waals surface area contributed by atoms with Gasteiger partial charge in [0.2, 0.25) is 11.7 Å². The van der Waals surface area contributed by atoms with Crippen molar-refractivity contribution in [1.82, 2.24) is 20.4 Å². The van der Waals surface area contributed by atoms with Gasteiger partial charge in [0.1, 0.15) is 6.04 Å². The van der Waals surface area contributed by atoms with E-state index in [4.69, 9.17) is 9.26 Å². The first kappa shape index (κ1) is 19.3. The Balaban J connectivity index is 1.77. The maximum Gasteiger partial charge on any atom is 0.274 e. The summed E-state index contributed by atoms with van der Waals surface area (Å²) in [5.41, 5.74) is 1.87. The topological polar surface area (TPSA) is 110 Å². The zero-order chi connectivity index (χ0) is 20.3. The lowest BCUT2D eigenvalue weighted by Gasteiger charge is -2.11. The number of hydrogen-bond donors (Lipinski definition) is 2. The molecule has 0 unspecified atom stereocenters. The van der Waals surface area contributed by atoms with Crippen LogP contribution in [0.3, 0.4) is 0 Å². The number of carbonyl (C=O) groups excluding carboxylic acids is 1. The van der Waals surface area contributed by atoms with Gasteiger partial charge in [0, 0.05) is 17.8 Å². The van der Waals surface area contributed by atoms with Gasteiger partial charge in [-0.3, -0.25) is 4.79 Å². The molecule has 146 valence electrons. The van der Waals surface area contributed by atoms with Crippen molar-refractivity contribution in [2.75, 3.05) is 7.11 Å². The van der Waals surface area contributed by atoms with E-state index in [0.29, 0.717) is 11.7 Å². The molecule has 0 aliphatic carbocycles. The Kier molecular flexibility index (Phi) is 5.58. The number of rotatable bonds is 6. The second-order valence-corrected chi connectivity index (χ2v) is 6.64. The van der Waals surface area contributed by atoms with Crippen LogP contribution in [-0.2, 0) is 0 Å². The lowest BCUT2D eigenvalue weighted by molar-refractivity contribution is 0.0923. The molecule has 0 aliphatic heterocycles. The number of hydrogen-bond acceptors (Lipinski definition) is 7. The van der Waals surface area contributed by atoms with Crippen LogP contribution in [0.2, 0.25) is 0 Å². The van der Waals surface area contributed by atoms with Gasteiger partial charge in [-0.15, -0.1) is 0 Å².